The molecule has 2 saturated heterocycles. The Morgan fingerprint density at radius 2 is 1.57 bits per heavy atom. The molecule has 2 aliphatic rings. The second-order valence-electron chi connectivity index (χ2n) is 8.93. The fourth-order valence-corrected chi connectivity index (χ4v) is 5.22. The van der Waals surface area contributed by atoms with Crippen molar-refractivity contribution in [3.8, 4) is 0 Å². The van der Waals surface area contributed by atoms with Crippen LogP contribution in [0.5, 0.6) is 0 Å². The zero-order valence-corrected chi connectivity index (χ0v) is 21.0. The number of alkyl halides is 3. The van der Waals surface area contributed by atoms with E-state index in [1.54, 1.807) is 12.1 Å². The molecule has 2 heterocycles. The predicted molar refractivity (Wildman–Crippen MR) is 136 cm³/mol. The molecule has 4 rings (SSSR count). The number of benzene rings is 2. The second kappa shape index (κ2) is 11.8. The quantitative estimate of drug-likeness (QED) is 0.478. The van der Waals surface area contributed by atoms with Gasteiger partial charge >= 0.3 is 5.51 Å². The lowest BCUT2D eigenvalue weighted by molar-refractivity contribution is -0.132. The number of piperazine rings is 1. The van der Waals surface area contributed by atoms with Gasteiger partial charge in [0.1, 0.15) is 0 Å². The van der Waals surface area contributed by atoms with Crippen LogP contribution < -0.4 is 10.2 Å². The van der Waals surface area contributed by atoms with Crippen LogP contribution in [0.25, 0.3) is 0 Å². The van der Waals surface area contributed by atoms with Crippen molar-refractivity contribution >= 4 is 40.6 Å². The molecular weight excluding hydrogens is 497 g/mol. The largest absolute Gasteiger partial charge is 0.446 e. The standard InChI is InChI=1S/C25H30ClF3N4OS/c26-19-1-5-22(6-2-19)32-17-15-31(16-18-32)12-11-24(34)33-13-9-21(10-14-33)30-20-3-7-23(8-4-20)35-25(27,28)29/h1-8,21,30H,9-18H2. The molecule has 0 spiro atoms. The number of amides is 1. The van der Waals surface area contributed by atoms with Crippen LogP contribution in [0.3, 0.4) is 0 Å². The molecule has 10 heteroatoms. The van der Waals surface area contributed by atoms with Gasteiger partial charge in [0.05, 0.1) is 0 Å². The van der Waals surface area contributed by atoms with Crippen LogP contribution in [0.4, 0.5) is 24.5 Å². The maximum absolute atomic E-state index is 12.7. The number of nitrogens with one attached hydrogen (secondary N) is 1. The number of carbonyl (C=O) groups excluding carboxylic acids is 1. The molecule has 2 aromatic carbocycles. The third kappa shape index (κ3) is 7.95. The molecule has 0 saturated carbocycles. The van der Waals surface area contributed by atoms with Gasteiger partial charge in [-0.3, -0.25) is 9.69 Å². The first-order chi connectivity index (χ1) is 16.7. The number of hydrogen-bond donors (Lipinski definition) is 1. The van der Waals surface area contributed by atoms with E-state index < -0.39 is 5.51 Å². The zero-order valence-electron chi connectivity index (χ0n) is 19.4. The molecule has 35 heavy (non-hydrogen) atoms. The smallest absolute Gasteiger partial charge is 0.382 e. The minimum Gasteiger partial charge on any atom is -0.382 e. The topological polar surface area (TPSA) is 38.8 Å². The van der Waals surface area contributed by atoms with Crippen molar-refractivity contribution in [1.29, 1.82) is 0 Å². The number of hydrogen-bond acceptors (Lipinski definition) is 5. The lowest BCUT2D eigenvalue weighted by Crippen LogP contribution is -2.48. The summed E-state index contributed by atoms with van der Waals surface area (Å²) in [7, 11) is 0. The Labute approximate surface area is 213 Å². The Bertz CT molecular complexity index is 958. The molecule has 2 fully saturated rings. The fourth-order valence-electron chi connectivity index (χ4n) is 4.56. The van der Waals surface area contributed by atoms with E-state index in [0.717, 1.165) is 56.3 Å². The maximum atomic E-state index is 12.7. The summed E-state index contributed by atoms with van der Waals surface area (Å²) in [6.45, 7) is 5.90. The highest BCUT2D eigenvalue weighted by atomic mass is 35.5. The number of rotatable bonds is 7. The molecule has 0 bridgehead atoms. The predicted octanol–water partition coefficient (Wildman–Crippen LogP) is 5.57. The summed E-state index contributed by atoms with van der Waals surface area (Å²) in [5.41, 5.74) is -2.29. The van der Waals surface area contributed by atoms with Crippen molar-refractivity contribution in [1.82, 2.24) is 9.80 Å². The molecular formula is C25H30ClF3N4OS. The van der Waals surface area contributed by atoms with E-state index in [9.17, 15) is 18.0 Å². The number of likely N-dealkylation sites (tertiary alicyclic amines) is 1. The zero-order chi connectivity index (χ0) is 24.8. The third-order valence-electron chi connectivity index (χ3n) is 6.51. The highest BCUT2D eigenvalue weighted by Crippen LogP contribution is 2.37. The molecule has 2 aliphatic heterocycles. The Balaban J connectivity index is 1.14. The van der Waals surface area contributed by atoms with E-state index in [2.05, 4.69) is 15.1 Å². The van der Waals surface area contributed by atoms with E-state index >= 15 is 0 Å². The average molecular weight is 527 g/mol. The van der Waals surface area contributed by atoms with Gasteiger partial charge < -0.3 is 15.1 Å². The summed E-state index contributed by atoms with van der Waals surface area (Å²) < 4.78 is 37.4. The minimum absolute atomic E-state index is 0.109. The molecule has 0 unspecified atom stereocenters. The van der Waals surface area contributed by atoms with Crippen LogP contribution in [0.15, 0.2) is 53.4 Å². The molecule has 1 amide bonds. The van der Waals surface area contributed by atoms with Gasteiger partial charge in [0.2, 0.25) is 5.91 Å². The van der Waals surface area contributed by atoms with E-state index in [4.69, 9.17) is 11.6 Å². The van der Waals surface area contributed by atoms with E-state index in [-0.39, 0.29) is 28.6 Å². The monoisotopic (exact) mass is 526 g/mol. The summed E-state index contributed by atoms with van der Waals surface area (Å²) in [6.07, 6.45) is 2.17. The van der Waals surface area contributed by atoms with Crippen molar-refractivity contribution in [3.05, 3.63) is 53.6 Å². The van der Waals surface area contributed by atoms with Crippen molar-refractivity contribution in [3.63, 3.8) is 0 Å². The lowest BCUT2D eigenvalue weighted by atomic mass is 10.0. The van der Waals surface area contributed by atoms with E-state index in [1.807, 2.05) is 29.2 Å². The number of anilines is 2. The Hall–Kier alpha value is -2.10. The second-order valence-corrected chi connectivity index (χ2v) is 10.5. The Morgan fingerprint density at radius 3 is 2.17 bits per heavy atom. The van der Waals surface area contributed by atoms with Crippen molar-refractivity contribution < 1.29 is 18.0 Å². The summed E-state index contributed by atoms with van der Waals surface area (Å²) >= 11 is 5.87. The Morgan fingerprint density at radius 1 is 0.943 bits per heavy atom. The summed E-state index contributed by atoms with van der Waals surface area (Å²) in [6, 6.07) is 14.4. The minimum atomic E-state index is -4.28. The first-order valence-electron chi connectivity index (χ1n) is 11.9. The van der Waals surface area contributed by atoms with Crippen LogP contribution in [-0.4, -0.2) is 73.1 Å². The van der Waals surface area contributed by atoms with Crippen LogP contribution >= 0.6 is 23.4 Å². The normalized spacial score (nSPS) is 18.1. The Kier molecular flexibility index (Phi) is 8.73. The molecule has 1 N–H and O–H groups in total. The van der Waals surface area contributed by atoms with Gasteiger partial charge in [-0.05, 0) is 73.1 Å². The highest BCUT2D eigenvalue weighted by molar-refractivity contribution is 8.00. The number of carbonyl (C=O) groups is 1. The molecule has 2 aromatic rings. The van der Waals surface area contributed by atoms with Gasteiger partial charge in [-0.1, -0.05) is 11.6 Å². The average Bonchev–Trinajstić information content (AvgIpc) is 2.84. The van der Waals surface area contributed by atoms with Crippen LogP contribution in [0.2, 0.25) is 5.02 Å². The number of halogens is 4. The maximum Gasteiger partial charge on any atom is 0.446 e. The summed E-state index contributed by atoms with van der Waals surface area (Å²) in [5.74, 6) is 0.192. The first kappa shape index (κ1) is 26.0. The lowest BCUT2D eigenvalue weighted by Gasteiger charge is -2.37. The van der Waals surface area contributed by atoms with Crippen LogP contribution in [0.1, 0.15) is 19.3 Å². The van der Waals surface area contributed by atoms with Crippen LogP contribution in [-0.2, 0) is 4.79 Å². The van der Waals surface area contributed by atoms with Crippen molar-refractivity contribution in [2.24, 2.45) is 0 Å². The van der Waals surface area contributed by atoms with E-state index in [0.29, 0.717) is 19.5 Å². The van der Waals surface area contributed by atoms with Crippen LogP contribution in [0, 0.1) is 0 Å². The van der Waals surface area contributed by atoms with Gasteiger partial charge in [-0.15, -0.1) is 0 Å². The van der Waals surface area contributed by atoms with Crippen molar-refractivity contribution in [2.75, 3.05) is 56.0 Å². The van der Waals surface area contributed by atoms with Gasteiger partial charge in [-0.25, -0.2) is 0 Å². The molecule has 190 valence electrons. The highest BCUT2D eigenvalue weighted by Gasteiger charge is 2.29. The van der Waals surface area contributed by atoms with Gasteiger partial charge in [-0.2, -0.15) is 13.2 Å². The molecule has 5 nitrogen and oxygen atoms in total. The van der Waals surface area contributed by atoms with Gasteiger partial charge in [0.25, 0.3) is 0 Å². The van der Waals surface area contributed by atoms with Gasteiger partial charge in [0.15, 0.2) is 0 Å². The fraction of sp³-hybridized carbons (Fsp3) is 0.480. The summed E-state index contributed by atoms with van der Waals surface area (Å²) in [5, 5.41) is 4.13. The number of thioether (sulfide) groups is 1. The first-order valence-corrected chi connectivity index (χ1v) is 13.1. The third-order valence-corrected chi connectivity index (χ3v) is 7.50. The van der Waals surface area contributed by atoms with E-state index in [1.165, 1.54) is 17.8 Å². The van der Waals surface area contributed by atoms with Gasteiger partial charge in [0, 0.05) is 79.6 Å². The summed E-state index contributed by atoms with van der Waals surface area (Å²) in [4.78, 5) is 19.5. The molecule has 0 radical (unpaired) electrons. The molecule has 0 atom stereocenters. The molecule has 0 aliphatic carbocycles. The molecule has 0 aromatic heterocycles. The van der Waals surface area contributed by atoms with Crippen molar-refractivity contribution in [2.45, 2.75) is 35.7 Å². The SMILES string of the molecule is O=C(CCN1CCN(c2ccc(Cl)cc2)CC1)N1CCC(Nc2ccc(SC(F)(F)F)cc2)CC1. The number of piperidine rings is 1. The number of nitrogens with zero attached hydrogens (tertiary/aromatic N) is 3.